The number of halogens is 1. The number of nitrogens with zero attached hydrogens (tertiary/aromatic N) is 1. The Morgan fingerprint density at radius 2 is 1.57 bits per heavy atom. The molecule has 3 aromatic carbocycles. The quantitative estimate of drug-likeness (QED) is 0.529. The summed E-state index contributed by atoms with van der Waals surface area (Å²) in [7, 11) is 1.30. The SMILES string of the molecule is COC(=O)c1ccc(Cl)c(NC(=O)N2c3ccccc3Sc3ccccc32)c1. The van der Waals surface area contributed by atoms with Crippen molar-refractivity contribution in [3.63, 3.8) is 0 Å². The van der Waals surface area contributed by atoms with Gasteiger partial charge in [-0.1, -0.05) is 47.6 Å². The zero-order valence-corrected chi connectivity index (χ0v) is 16.4. The first kappa shape index (κ1) is 18.4. The molecule has 0 fully saturated rings. The molecule has 0 radical (unpaired) electrons. The highest BCUT2D eigenvalue weighted by molar-refractivity contribution is 7.99. The van der Waals surface area contributed by atoms with E-state index in [1.54, 1.807) is 28.8 Å². The van der Waals surface area contributed by atoms with E-state index in [1.165, 1.54) is 13.2 Å². The van der Waals surface area contributed by atoms with Crippen molar-refractivity contribution in [1.82, 2.24) is 0 Å². The van der Waals surface area contributed by atoms with E-state index in [4.69, 9.17) is 16.3 Å². The van der Waals surface area contributed by atoms with Crippen LogP contribution in [-0.2, 0) is 4.74 Å². The summed E-state index contributed by atoms with van der Waals surface area (Å²) in [5, 5.41) is 3.15. The average molecular weight is 411 g/mol. The Morgan fingerprint density at radius 3 is 2.18 bits per heavy atom. The van der Waals surface area contributed by atoms with Crippen molar-refractivity contribution in [1.29, 1.82) is 0 Å². The number of carbonyl (C=O) groups is 2. The van der Waals surface area contributed by atoms with Crippen molar-refractivity contribution in [2.45, 2.75) is 9.79 Å². The van der Waals surface area contributed by atoms with Gasteiger partial charge in [-0.05, 0) is 42.5 Å². The molecular weight excluding hydrogens is 396 g/mol. The lowest BCUT2D eigenvalue weighted by atomic mass is 10.2. The van der Waals surface area contributed by atoms with Crippen molar-refractivity contribution in [2.75, 3.05) is 17.3 Å². The fourth-order valence-corrected chi connectivity index (χ4v) is 4.18. The molecule has 140 valence electrons. The van der Waals surface area contributed by atoms with E-state index in [1.807, 2.05) is 48.5 Å². The summed E-state index contributed by atoms with van der Waals surface area (Å²) >= 11 is 7.85. The normalized spacial score (nSPS) is 12.0. The molecule has 0 saturated carbocycles. The summed E-state index contributed by atoms with van der Waals surface area (Å²) in [6.07, 6.45) is 0. The number of urea groups is 1. The van der Waals surface area contributed by atoms with Crippen molar-refractivity contribution < 1.29 is 14.3 Å². The smallest absolute Gasteiger partial charge is 0.337 e. The Labute approximate surface area is 171 Å². The van der Waals surface area contributed by atoms with Crippen LogP contribution in [0.5, 0.6) is 0 Å². The first-order valence-electron chi connectivity index (χ1n) is 8.43. The van der Waals surface area contributed by atoms with E-state index in [-0.39, 0.29) is 6.03 Å². The van der Waals surface area contributed by atoms with Gasteiger partial charge >= 0.3 is 12.0 Å². The zero-order valence-electron chi connectivity index (χ0n) is 14.8. The molecule has 1 heterocycles. The minimum absolute atomic E-state index is 0.303. The van der Waals surface area contributed by atoms with Crippen molar-refractivity contribution in [2.24, 2.45) is 0 Å². The largest absolute Gasteiger partial charge is 0.465 e. The average Bonchev–Trinajstić information content (AvgIpc) is 2.72. The van der Waals surface area contributed by atoms with Gasteiger partial charge in [-0.15, -0.1) is 0 Å². The zero-order chi connectivity index (χ0) is 19.7. The van der Waals surface area contributed by atoms with Gasteiger partial charge in [0.1, 0.15) is 0 Å². The second-order valence-corrected chi connectivity index (χ2v) is 7.48. The van der Waals surface area contributed by atoms with Crippen LogP contribution < -0.4 is 10.2 Å². The summed E-state index contributed by atoms with van der Waals surface area (Å²) < 4.78 is 4.74. The van der Waals surface area contributed by atoms with Crippen LogP contribution in [0.25, 0.3) is 0 Å². The number of benzene rings is 3. The second kappa shape index (κ2) is 7.58. The van der Waals surface area contributed by atoms with Crippen LogP contribution in [0, 0.1) is 0 Å². The van der Waals surface area contributed by atoms with Crippen LogP contribution in [0.4, 0.5) is 21.9 Å². The number of hydrogen-bond acceptors (Lipinski definition) is 4. The van der Waals surface area contributed by atoms with Gasteiger partial charge in [0.05, 0.1) is 34.8 Å². The van der Waals surface area contributed by atoms with Crippen molar-refractivity contribution >= 4 is 52.4 Å². The Hall–Kier alpha value is -2.96. The monoisotopic (exact) mass is 410 g/mol. The molecule has 0 atom stereocenters. The molecule has 4 rings (SSSR count). The number of esters is 1. The maximum absolute atomic E-state index is 13.2. The van der Waals surface area contributed by atoms with E-state index in [0.29, 0.717) is 16.3 Å². The summed E-state index contributed by atoms with van der Waals surface area (Å²) in [5.41, 5.74) is 2.20. The molecule has 0 unspecified atom stereocenters. The van der Waals surface area contributed by atoms with Crippen LogP contribution in [0.3, 0.4) is 0 Å². The van der Waals surface area contributed by atoms with Gasteiger partial charge in [0.2, 0.25) is 0 Å². The molecule has 0 saturated heterocycles. The molecule has 2 amide bonds. The molecule has 0 aromatic heterocycles. The molecule has 28 heavy (non-hydrogen) atoms. The van der Waals surface area contributed by atoms with Crippen LogP contribution in [0.2, 0.25) is 5.02 Å². The summed E-state index contributed by atoms with van der Waals surface area (Å²) in [6.45, 7) is 0. The maximum Gasteiger partial charge on any atom is 0.337 e. The number of carbonyl (C=O) groups excluding carboxylic acids is 2. The predicted molar refractivity (Wildman–Crippen MR) is 111 cm³/mol. The lowest BCUT2D eigenvalue weighted by Gasteiger charge is -2.31. The Kier molecular flexibility index (Phi) is 4.98. The first-order valence-corrected chi connectivity index (χ1v) is 9.63. The standard InChI is InChI=1S/C21H15ClN2O3S/c1-27-20(25)13-10-11-14(22)15(12-13)23-21(26)24-16-6-2-4-8-18(16)28-19-9-5-3-7-17(19)24/h2-12H,1H3,(H,23,26). The lowest BCUT2D eigenvalue weighted by Crippen LogP contribution is -2.32. The number of fused-ring (bicyclic) bond motifs is 2. The molecule has 1 aliphatic rings. The van der Waals surface area contributed by atoms with E-state index in [9.17, 15) is 9.59 Å². The molecule has 1 N–H and O–H groups in total. The van der Waals surface area contributed by atoms with E-state index >= 15 is 0 Å². The van der Waals surface area contributed by atoms with Crippen LogP contribution in [-0.4, -0.2) is 19.1 Å². The third-order valence-electron chi connectivity index (χ3n) is 4.26. The highest BCUT2D eigenvalue weighted by atomic mass is 35.5. The van der Waals surface area contributed by atoms with Gasteiger partial charge in [0.15, 0.2) is 0 Å². The second-order valence-electron chi connectivity index (χ2n) is 5.99. The molecule has 0 aliphatic carbocycles. The summed E-state index contributed by atoms with van der Waals surface area (Å²) in [4.78, 5) is 28.6. The molecule has 5 nitrogen and oxygen atoms in total. The molecule has 0 bridgehead atoms. The minimum Gasteiger partial charge on any atom is -0.465 e. The van der Waals surface area contributed by atoms with Gasteiger partial charge in [-0.25, -0.2) is 9.59 Å². The predicted octanol–water partition coefficient (Wildman–Crippen LogP) is 5.96. The molecular formula is C21H15ClN2O3S. The molecule has 0 spiro atoms. The highest BCUT2D eigenvalue weighted by Crippen LogP contribution is 2.48. The number of amides is 2. The van der Waals surface area contributed by atoms with Gasteiger partial charge in [-0.2, -0.15) is 0 Å². The third-order valence-corrected chi connectivity index (χ3v) is 5.72. The minimum atomic E-state index is -0.503. The van der Waals surface area contributed by atoms with Gasteiger partial charge in [0.25, 0.3) is 0 Å². The number of nitrogens with one attached hydrogen (secondary N) is 1. The highest BCUT2D eigenvalue weighted by Gasteiger charge is 2.28. The third kappa shape index (κ3) is 3.32. The lowest BCUT2D eigenvalue weighted by molar-refractivity contribution is 0.0600. The number of rotatable bonds is 2. The van der Waals surface area contributed by atoms with E-state index < -0.39 is 5.97 Å². The van der Waals surface area contributed by atoms with Crippen molar-refractivity contribution in [3.05, 3.63) is 77.3 Å². The van der Waals surface area contributed by atoms with Gasteiger partial charge in [0, 0.05) is 9.79 Å². The number of methoxy groups -OCH3 is 1. The fraction of sp³-hybridized carbons (Fsp3) is 0.0476. The van der Waals surface area contributed by atoms with Gasteiger partial charge < -0.3 is 10.1 Å². The Bertz CT molecular complexity index is 1040. The van der Waals surface area contributed by atoms with Crippen LogP contribution >= 0.6 is 23.4 Å². The Morgan fingerprint density at radius 1 is 0.964 bits per heavy atom. The number of anilines is 3. The van der Waals surface area contributed by atoms with E-state index in [0.717, 1.165) is 21.2 Å². The number of hydrogen-bond donors (Lipinski definition) is 1. The number of ether oxygens (including phenoxy) is 1. The van der Waals surface area contributed by atoms with Crippen LogP contribution in [0.15, 0.2) is 76.5 Å². The van der Waals surface area contributed by atoms with Crippen molar-refractivity contribution in [3.8, 4) is 0 Å². The maximum atomic E-state index is 13.2. The number of para-hydroxylation sites is 2. The van der Waals surface area contributed by atoms with Gasteiger partial charge in [-0.3, -0.25) is 4.90 Å². The Balaban J connectivity index is 1.73. The summed E-state index contributed by atoms with van der Waals surface area (Å²) in [6, 6.07) is 19.6. The first-order chi connectivity index (χ1) is 13.6. The molecule has 3 aromatic rings. The molecule has 7 heteroatoms. The summed E-state index contributed by atoms with van der Waals surface area (Å²) in [5.74, 6) is -0.503. The topological polar surface area (TPSA) is 58.6 Å². The fourth-order valence-electron chi connectivity index (χ4n) is 2.96. The molecule has 1 aliphatic heterocycles. The van der Waals surface area contributed by atoms with E-state index in [2.05, 4.69) is 5.32 Å². The van der Waals surface area contributed by atoms with Crippen LogP contribution in [0.1, 0.15) is 10.4 Å².